The van der Waals surface area contributed by atoms with E-state index >= 15 is 0 Å². The number of amides is 1. The van der Waals surface area contributed by atoms with Crippen molar-refractivity contribution >= 4 is 17.6 Å². The van der Waals surface area contributed by atoms with Gasteiger partial charge in [0.25, 0.3) is 5.91 Å². The van der Waals surface area contributed by atoms with Crippen molar-refractivity contribution in [2.45, 2.75) is 77.1 Å². The number of hydrogen-bond acceptors (Lipinski definition) is 5. The molecule has 0 aromatic heterocycles. The van der Waals surface area contributed by atoms with Crippen LogP contribution in [0, 0.1) is 5.41 Å². The van der Waals surface area contributed by atoms with Gasteiger partial charge in [-0.05, 0) is 62.5 Å². The number of nitrogens with zero attached hydrogens (tertiary/aromatic N) is 3. The highest BCUT2D eigenvalue weighted by atomic mass is 16.5. The van der Waals surface area contributed by atoms with Crippen LogP contribution in [-0.4, -0.2) is 58.7 Å². The van der Waals surface area contributed by atoms with Gasteiger partial charge >= 0.3 is 0 Å². The zero-order chi connectivity index (χ0) is 21.3. The number of carbonyl (C=O) groups excluding carboxylic acids is 1. The summed E-state index contributed by atoms with van der Waals surface area (Å²) in [6, 6.07) is 5.98. The molecule has 1 aromatic carbocycles. The standard InChI is InChI=1S/C23H33N5O2/c1-3-27(4-2)18-7-5-6-8-20(18)30-16-9-10-17-15(13-16)14-28(23(17)29)19-11-12-21(24)26-22(19)25/h9-10,13,18-20H,3-8,11-12,14H2,1-2H3,(H3,24,25,26)/t18-,19?,20-/m0/s1. The molecule has 162 valence electrons. The molecule has 7 heteroatoms. The normalized spacial score (nSPS) is 26.7. The lowest BCUT2D eigenvalue weighted by Crippen LogP contribution is -2.47. The Balaban J connectivity index is 1.49. The number of benzene rings is 1. The zero-order valence-electron chi connectivity index (χ0n) is 18.1. The molecule has 3 aliphatic rings. The van der Waals surface area contributed by atoms with E-state index in [-0.39, 0.29) is 23.9 Å². The number of rotatable bonds is 6. The van der Waals surface area contributed by atoms with Gasteiger partial charge in [0, 0.05) is 24.6 Å². The van der Waals surface area contributed by atoms with Gasteiger partial charge in [-0.1, -0.05) is 20.3 Å². The molecule has 2 heterocycles. The molecule has 1 fully saturated rings. The number of carbonyl (C=O) groups is 1. The smallest absolute Gasteiger partial charge is 0.255 e. The highest BCUT2D eigenvalue weighted by Crippen LogP contribution is 2.33. The topological polar surface area (TPSA) is 95.0 Å². The van der Waals surface area contributed by atoms with Crippen molar-refractivity contribution in [1.29, 1.82) is 5.41 Å². The molecule has 0 saturated heterocycles. The fraction of sp³-hybridized carbons (Fsp3) is 0.609. The summed E-state index contributed by atoms with van der Waals surface area (Å²) < 4.78 is 6.48. The summed E-state index contributed by atoms with van der Waals surface area (Å²) in [5.74, 6) is 1.47. The summed E-state index contributed by atoms with van der Waals surface area (Å²) in [6.07, 6.45) is 6.18. The van der Waals surface area contributed by atoms with Gasteiger partial charge in [0.05, 0.1) is 6.04 Å². The van der Waals surface area contributed by atoms with Gasteiger partial charge in [-0.3, -0.25) is 15.1 Å². The highest BCUT2D eigenvalue weighted by Gasteiger charge is 2.37. The molecule has 2 aliphatic heterocycles. The van der Waals surface area contributed by atoms with Gasteiger partial charge < -0.3 is 15.4 Å². The molecular formula is C23H33N5O2. The molecule has 1 amide bonds. The fourth-order valence-corrected chi connectivity index (χ4v) is 5.15. The summed E-state index contributed by atoms with van der Waals surface area (Å²) in [4.78, 5) is 21.3. The van der Waals surface area contributed by atoms with Crippen LogP contribution in [0.4, 0.5) is 0 Å². The van der Waals surface area contributed by atoms with Crippen LogP contribution >= 0.6 is 0 Å². The Labute approximate surface area is 178 Å². The number of likely N-dealkylation sites (N-methyl/N-ethyl adjacent to an activating group) is 1. The molecule has 1 aliphatic carbocycles. The minimum atomic E-state index is -0.299. The molecular weight excluding hydrogens is 378 g/mol. The van der Waals surface area contributed by atoms with E-state index < -0.39 is 0 Å². The molecule has 1 aromatic rings. The van der Waals surface area contributed by atoms with E-state index in [9.17, 15) is 4.79 Å². The molecule has 3 N–H and O–H groups in total. The number of nitrogens with one attached hydrogen (secondary N) is 1. The van der Waals surface area contributed by atoms with Crippen LogP contribution < -0.4 is 10.5 Å². The number of fused-ring (bicyclic) bond motifs is 1. The Morgan fingerprint density at radius 2 is 2.00 bits per heavy atom. The molecule has 0 radical (unpaired) electrons. The van der Waals surface area contributed by atoms with Crippen LogP contribution in [0.1, 0.15) is 68.3 Å². The maximum absolute atomic E-state index is 12.9. The average Bonchev–Trinajstić information content (AvgIpc) is 3.06. The van der Waals surface area contributed by atoms with Crippen molar-refractivity contribution < 1.29 is 9.53 Å². The third-order valence-electron chi connectivity index (χ3n) is 6.78. The Morgan fingerprint density at radius 3 is 2.73 bits per heavy atom. The van der Waals surface area contributed by atoms with Crippen LogP contribution in [0.25, 0.3) is 0 Å². The van der Waals surface area contributed by atoms with Gasteiger partial charge in [0.15, 0.2) is 0 Å². The molecule has 3 atom stereocenters. The average molecular weight is 412 g/mol. The summed E-state index contributed by atoms with van der Waals surface area (Å²) in [6.45, 7) is 7.00. The minimum absolute atomic E-state index is 0.0272. The minimum Gasteiger partial charge on any atom is -0.489 e. The zero-order valence-corrected chi connectivity index (χ0v) is 18.1. The molecule has 30 heavy (non-hydrogen) atoms. The summed E-state index contributed by atoms with van der Waals surface area (Å²) in [7, 11) is 0. The number of hydrogen-bond donors (Lipinski definition) is 2. The van der Waals surface area contributed by atoms with Gasteiger partial charge in [-0.25, -0.2) is 4.99 Å². The Bertz CT molecular complexity index is 848. The summed E-state index contributed by atoms with van der Waals surface area (Å²) in [5, 5.41) is 8.16. The van der Waals surface area contributed by atoms with Crippen molar-refractivity contribution in [3.8, 4) is 5.75 Å². The van der Waals surface area contributed by atoms with E-state index in [4.69, 9.17) is 15.9 Å². The monoisotopic (exact) mass is 411 g/mol. The molecule has 0 bridgehead atoms. The number of ether oxygens (including phenoxy) is 1. The second-order valence-electron chi connectivity index (χ2n) is 8.52. The van der Waals surface area contributed by atoms with E-state index in [0.29, 0.717) is 36.8 Å². The van der Waals surface area contributed by atoms with Crippen LogP contribution in [0.3, 0.4) is 0 Å². The van der Waals surface area contributed by atoms with E-state index in [1.165, 1.54) is 19.3 Å². The lowest BCUT2D eigenvalue weighted by molar-refractivity contribution is 0.0412. The Hall–Kier alpha value is -2.41. The number of amidine groups is 2. The SMILES string of the molecule is CCN(CC)[C@H]1CCCC[C@@H]1Oc1ccc2c(c1)CN(C1CCC(N)=NC1=N)C2=O. The maximum atomic E-state index is 12.9. The van der Waals surface area contributed by atoms with Crippen LogP contribution in [0.5, 0.6) is 5.75 Å². The molecule has 4 rings (SSSR count). The first kappa shape index (κ1) is 20.8. The molecule has 7 nitrogen and oxygen atoms in total. The third-order valence-corrected chi connectivity index (χ3v) is 6.78. The van der Waals surface area contributed by atoms with Crippen molar-refractivity contribution in [3.63, 3.8) is 0 Å². The predicted octanol–water partition coefficient (Wildman–Crippen LogP) is 3.17. The lowest BCUT2D eigenvalue weighted by atomic mass is 9.91. The summed E-state index contributed by atoms with van der Waals surface area (Å²) in [5.41, 5.74) is 7.44. The van der Waals surface area contributed by atoms with Crippen molar-refractivity contribution in [2.75, 3.05) is 13.1 Å². The van der Waals surface area contributed by atoms with Gasteiger partial charge in [-0.15, -0.1) is 0 Å². The molecule has 1 unspecified atom stereocenters. The largest absolute Gasteiger partial charge is 0.489 e. The molecule has 1 saturated carbocycles. The summed E-state index contributed by atoms with van der Waals surface area (Å²) >= 11 is 0. The first-order valence-corrected chi connectivity index (χ1v) is 11.3. The van der Waals surface area contributed by atoms with Gasteiger partial charge in [-0.2, -0.15) is 0 Å². The second kappa shape index (κ2) is 8.76. The molecule has 0 spiro atoms. The quantitative estimate of drug-likeness (QED) is 0.752. The Kier molecular flexibility index (Phi) is 6.09. The Morgan fingerprint density at radius 1 is 1.23 bits per heavy atom. The van der Waals surface area contributed by atoms with E-state index in [0.717, 1.165) is 30.8 Å². The number of nitrogens with two attached hydrogens (primary N) is 1. The first-order valence-electron chi connectivity index (χ1n) is 11.3. The number of aliphatic imine (C=N–C) groups is 1. The van der Waals surface area contributed by atoms with E-state index in [2.05, 4.69) is 23.7 Å². The van der Waals surface area contributed by atoms with Crippen molar-refractivity contribution in [1.82, 2.24) is 9.80 Å². The second-order valence-corrected chi connectivity index (χ2v) is 8.52. The van der Waals surface area contributed by atoms with Gasteiger partial charge in [0.2, 0.25) is 0 Å². The van der Waals surface area contributed by atoms with E-state index in [1.807, 2.05) is 18.2 Å². The third kappa shape index (κ3) is 3.95. The van der Waals surface area contributed by atoms with Crippen molar-refractivity contribution in [2.24, 2.45) is 10.7 Å². The van der Waals surface area contributed by atoms with Gasteiger partial charge in [0.1, 0.15) is 23.5 Å². The van der Waals surface area contributed by atoms with Crippen LogP contribution in [0.15, 0.2) is 23.2 Å². The van der Waals surface area contributed by atoms with E-state index in [1.54, 1.807) is 4.90 Å². The fourth-order valence-electron chi connectivity index (χ4n) is 5.15. The first-order chi connectivity index (χ1) is 14.5. The van der Waals surface area contributed by atoms with Crippen LogP contribution in [0.2, 0.25) is 0 Å². The predicted molar refractivity (Wildman–Crippen MR) is 118 cm³/mol. The highest BCUT2D eigenvalue weighted by molar-refractivity contribution is 6.05. The van der Waals surface area contributed by atoms with Crippen molar-refractivity contribution in [3.05, 3.63) is 29.3 Å². The lowest BCUT2D eigenvalue weighted by Gasteiger charge is -2.39. The van der Waals surface area contributed by atoms with Crippen LogP contribution in [-0.2, 0) is 6.54 Å². The maximum Gasteiger partial charge on any atom is 0.255 e.